The highest BCUT2D eigenvalue weighted by Crippen LogP contribution is 2.30. The van der Waals surface area contributed by atoms with Crippen molar-refractivity contribution in [1.29, 1.82) is 0 Å². The molecule has 35 heavy (non-hydrogen) atoms. The highest BCUT2D eigenvalue weighted by atomic mass is 127. The fourth-order valence-electron chi connectivity index (χ4n) is 3.46. The van der Waals surface area contributed by atoms with Crippen molar-refractivity contribution in [3.05, 3.63) is 99.3 Å². The molecular formula is C26H21BrFI2N3O2. The minimum Gasteiger partial charge on any atom is -0.487 e. The third-order valence-corrected chi connectivity index (χ3v) is 7.66. The second kappa shape index (κ2) is 11.5. The van der Waals surface area contributed by atoms with Gasteiger partial charge in [-0.2, -0.15) is 9.78 Å². The lowest BCUT2D eigenvalue weighted by molar-refractivity contribution is 0.295. The summed E-state index contributed by atoms with van der Waals surface area (Å²) < 4.78 is 23.8. The van der Waals surface area contributed by atoms with Gasteiger partial charge in [-0.15, -0.1) is 0 Å². The largest absolute Gasteiger partial charge is 0.487 e. The molecule has 9 heteroatoms. The second-order valence-corrected chi connectivity index (χ2v) is 11.2. The lowest BCUT2D eigenvalue weighted by atomic mass is 10.1. The van der Waals surface area contributed by atoms with Crippen molar-refractivity contribution < 1.29 is 9.13 Å². The first-order valence-corrected chi connectivity index (χ1v) is 13.8. The van der Waals surface area contributed by atoms with E-state index in [1.54, 1.807) is 30.5 Å². The number of rotatable bonds is 7. The van der Waals surface area contributed by atoms with Crippen LogP contribution in [-0.2, 0) is 6.61 Å². The normalized spacial score (nSPS) is 12.4. The van der Waals surface area contributed by atoms with Gasteiger partial charge in [0.05, 0.1) is 24.3 Å². The van der Waals surface area contributed by atoms with E-state index in [-0.39, 0.29) is 23.9 Å². The molecule has 0 aliphatic carbocycles. The Bertz CT molecular complexity index is 1470. The summed E-state index contributed by atoms with van der Waals surface area (Å²) in [7, 11) is 0. The summed E-state index contributed by atoms with van der Waals surface area (Å²) in [5, 5.41) is 5.05. The number of benzene rings is 3. The molecule has 180 valence electrons. The molecule has 1 atom stereocenters. The molecule has 0 unspecified atom stereocenters. The van der Waals surface area contributed by atoms with Crippen molar-refractivity contribution in [2.24, 2.45) is 5.10 Å². The highest BCUT2D eigenvalue weighted by molar-refractivity contribution is 14.1. The van der Waals surface area contributed by atoms with Crippen LogP contribution >= 0.6 is 61.1 Å². The number of nitrogens with zero attached hydrogens (tertiary/aromatic N) is 3. The van der Waals surface area contributed by atoms with Gasteiger partial charge >= 0.3 is 0 Å². The lowest BCUT2D eigenvalue weighted by Crippen LogP contribution is -2.23. The molecule has 0 N–H and O–H groups in total. The van der Waals surface area contributed by atoms with Crippen LogP contribution in [0.2, 0.25) is 0 Å². The van der Waals surface area contributed by atoms with Gasteiger partial charge in [-0.05, 0) is 93.6 Å². The zero-order valence-electron chi connectivity index (χ0n) is 18.9. The zero-order valence-corrected chi connectivity index (χ0v) is 24.8. The Morgan fingerprint density at radius 3 is 2.57 bits per heavy atom. The van der Waals surface area contributed by atoms with E-state index in [9.17, 15) is 9.18 Å². The smallest absolute Gasteiger partial charge is 0.282 e. The van der Waals surface area contributed by atoms with Gasteiger partial charge in [-0.1, -0.05) is 48.0 Å². The van der Waals surface area contributed by atoms with Gasteiger partial charge < -0.3 is 4.74 Å². The Morgan fingerprint density at radius 1 is 1.17 bits per heavy atom. The van der Waals surface area contributed by atoms with E-state index in [1.165, 1.54) is 10.7 Å². The van der Waals surface area contributed by atoms with E-state index in [1.807, 2.05) is 31.2 Å². The molecule has 1 heterocycles. The van der Waals surface area contributed by atoms with Gasteiger partial charge in [0.25, 0.3) is 5.56 Å². The first kappa shape index (κ1) is 26.2. The van der Waals surface area contributed by atoms with E-state index in [0.29, 0.717) is 28.0 Å². The summed E-state index contributed by atoms with van der Waals surface area (Å²) in [6, 6.07) is 15.9. The Hall–Kier alpha value is -1.86. The number of hydrogen-bond donors (Lipinski definition) is 0. The highest BCUT2D eigenvalue weighted by Gasteiger charge is 2.16. The average molecular weight is 760 g/mol. The van der Waals surface area contributed by atoms with Crippen molar-refractivity contribution in [3.63, 3.8) is 0 Å². The molecule has 0 aliphatic rings. The van der Waals surface area contributed by atoms with Gasteiger partial charge in [-0.3, -0.25) is 4.79 Å². The minimum absolute atomic E-state index is 0.0577. The maximum atomic E-state index is 13.9. The third-order valence-electron chi connectivity index (χ3n) is 5.56. The van der Waals surface area contributed by atoms with Crippen LogP contribution in [0.15, 0.2) is 69.0 Å². The van der Waals surface area contributed by atoms with E-state index in [0.717, 1.165) is 23.6 Å². The maximum Gasteiger partial charge on any atom is 0.282 e. The molecule has 0 radical (unpaired) electrons. The molecular weight excluding hydrogens is 739 g/mol. The van der Waals surface area contributed by atoms with Crippen LogP contribution in [-0.4, -0.2) is 15.9 Å². The van der Waals surface area contributed by atoms with Gasteiger partial charge in [0.2, 0.25) is 0 Å². The van der Waals surface area contributed by atoms with E-state index in [2.05, 4.69) is 73.1 Å². The van der Waals surface area contributed by atoms with Crippen LogP contribution in [0.25, 0.3) is 10.9 Å². The first-order valence-electron chi connectivity index (χ1n) is 10.9. The van der Waals surface area contributed by atoms with Crippen molar-refractivity contribution in [3.8, 4) is 5.75 Å². The third kappa shape index (κ3) is 5.93. The number of ether oxygens (including phenoxy) is 1. The molecule has 5 nitrogen and oxygen atoms in total. The SMILES string of the molecule is CC[C@@H](C)c1nc2ccc(Br)cc2c(=O)n1N=Cc1cc(I)c(OCc2ccccc2F)c(I)c1. The fraction of sp³-hybridized carbons (Fsp3) is 0.192. The molecule has 0 saturated heterocycles. The van der Waals surface area contributed by atoms with E-state index < -0.39 is 0 Å². The molecule has 4 rings (SSSR count). The molecule has 1 aromatic heterocycles. The van der Waals surface area contributed by atoms with Crippen LogP contribution in [0.5, 0.6) is 5.75 Å². The molecule has 0 bridgehead atoms. The molecule has 0 spiro atoms. The topological polar surface area (TPSA) is 56.5 Å². The maximum absolute atomic E-state index is 13.9. The molecule has 0 aliphatic heterocycles. The number of aromatic nitrogens is 2. The summed E-state index contributed by atoms with van der Waals surface area (Å²) in [6.07, 6.45) is 2.48. The summed E-state index contributed by atoms with van der Waals surface area (Å²) >= 11 is 7.82. The van der Waals surface area contributed by atoms with Crippen LogP contribution in [0.4, 0.5) is 4.39 Å². The van der Waals surface area contributed by atoms with Crippen LogP contribution in [0.1, 0.15) is 43.1 Å². The van der Waals surface area contributed by atoms with Gasteiger partial charge in [0, 0.05) is 16.0 Å². The predicted octanol–water partition coefficient (Wildman–Crippen LogP) is 7.48. The number of fused-ring (bicyclic) bond motifs is 1. The van der Waals surface area contributed by atoms with Crippen LogP contribution in [0, 0.1) is 13.0 Å². The van der Waals surface area contributed by atoms with Crippen molar-refractivity contribution >= 4 is 78.2 Å². The Kier molecular flexibility index (Phi) is 8.59. The summed E-state index contributed by atoms with van der Waals surface area (Å²) in [5.74, 6) is 1.07. The van der Waals surface area contributed by atoms with E-state index in [4.69, 9.17) is 9.72 Å². The quantitative estimate of drug-likeness (QED) is 0.145. The average Bonchev–Trinajstić information content (AvgIpc) is 2.83. The summed E-state index contributed by atoms with van der Waals surface area (Å²) in [5.41, 5.74) is 1.75. The summed E-state index contributed by atoms with van der Waals surface area (Å²) in [4.78, 5) is 18.1. The van der Waals surface area contributed by atoms with Gasteiger partial charge in [0.15, 0.2) is 0 Å². The summed E-state index contributed by atoms with van der Waals surface area (Å²) in [6.45, 7) is 4.23. The Morgan fingerprint density at radius 2 is 1.89 bits per heavy atom. The van der Waals surface area contributed by atoms with Crippen molar-refractivity contribution in [2.45, 2.75) is 32.8 Å². The molecule has 0 fully saturated rings. The minimum atomic E-state index is -0.292. The number of halogens is 4. The van der Waals surface area contributed by atoms with Crippen molar-refractivity contribution in [2.75, 3.05) is 0 Å². The van der Waals surface area contributed by atoms with Gasteiger partial charge in [-0.25, -0.2) is 9.37 Å². The molecule has 0 saturated carbocycles. The molecule has 0 amide bonds. The molecule has 4 aromatic rings. The standard InChI is InChI=1S/C26H21BrFI2N3O2/c1-3-15(2)25-32-23-9-8-18(27)12-19(23)26(34)33(25)31-13-16-10-21(29)24(22(30)11-16)35-14-17-6-4-5-7-20(17)28/h4-13,15H,3,14H2,1-2H3/t15-/m1/s1. The zero-order chi connectivity index (χ0) is 25.1. The van der Waals surface area contributed by atoms with Gasteiger partial charge in [0.1, 0.15) is 24.0 Å². The predicted molar refractivity (Wildman–Crippen MR) is 158 cm³/mol. The van der Waals surface area contributed by atoms with E-state index >= 15 is 0 Å². The molecule has 3 aromatic carbocycles. The Balaban J connectivity index is 1.68. The Labute approximate surface area is 238 Å². The second-order valence-electron chi connectivity index (χ2n) is 8.00. The fourth-order valence-corrected chi connectivity index (χ4v) is 5.95. The first-order chi connectivity index (χ1) is 16.8. The van der Waals surface area contributed by atoms with Crippen LogP contribution < -0.4 is 10.3 Å². The number of hydrogen-bond acceptors (Lipinski definition) is 4. The van der Waals surface area contributed by atoms with Crippen LogP contribution in [0.3, 0.4) is 0 Å². The van der Waals surface area contributed by atoms with Crippen molar-refractivity contribution in [1.82, 2.24) is 9.66 Å². The lowest BCUT2D eigenvalue weighted by Gasteiger charge is -2.14. The monoisotopic (exact) mass is 759 g/mol.